The largest absolute Gasteiger partial charge is 0.493 e. The summed E-state index contributed by atoms with van der Waals surface area (Å²) < 4.78 is 18.7. The van der Waals surface area contributed by atoms with Gasteiger partial charge in [-0.3, -0.25) is 4.79 Å². The molecule has 1 aromatic heterocycles. The Balaban J connectivity index is 1.39. The second-order valence-electron chi connectivity index (χ2n) is 6.66. The number of aromatic nitrogens is 2. The molecule has 1 aliphatic heterocycles. The van der Waals surface area contributed by atoms with Crippen LogP contribution in [0.2, 0.25) is 0 Å². The molecule has 1 fully saturated rings. The normalized spacial score (nSPS) is 17.4. The number of ether oxygens (including phenoxy) is 1. The van der Waals surface area contributed by atoms with Crippen molar-refractivity contribution in [2.75, 3.05) is 19.7 Å². The van der Waals surface area contributed by atoms with E-state index >= 15 is 0 Å². The molecule has 1 amide bonds. The van der Waals surface area contributed by atoms with Gasteiger partial charge in [-0.05, 0) is 55.3 Å². The van der Waals surface area contributed by atoms with Crippen molar-refractivity contribution in [1.29, 1.82) is 0 Å². The van der Waals surface area contributed by atoms with E-state index in [0.29, 0.717) is 24.5 Å². The van der Waals surface area contributed by atoms with Crippen LogP contribution in [-0.2, 0) is 0 Å². The number of fused-ring (bicyclic) bond motifs is 1. The summed E-state index contributed by atoms with van der Waals surface area (Å²) in [6.45, 7) is 1.95. The molecule has 0 radical (unpaired) electrons. The van der Waals surface area contributed by atoms with E-state index in [2.05, 4.69) is 9.97 Å². The topological polar surface area (TPSA) is 58.2 Å². The van der Waals surface area contributed by atoms with Crippen molar-refractivity contribution < 1.29 is 13.9 Å². The Morgan fingerprint density at radius 1 is 1.27 bits per heavy atom. The highest BCUT2D eigenvalue weighted by Crippen LogP contribution is 2.21. The molecule has 4 rings (SSSR count). The van der Waals surface area contributed by atoms with Gasteiger partial charge >= 0.3 is 0 Å². The van der Waals surface area contributed by atoms with Crippen LogP contribution in [0.25, 0.3) is 11.0 Å². The van der Waals surface area contributed by atoms with E-state index in [1.54, 1.807) is 18.5 Å². The van der Waals surface area contributed by atoms with Crippen molar-refractivity contribution in [1.82, 2.24) is 14.9 Å². The average molecular weight is 353 g/mol. The second kappa shape index (κ2) is 7.15. The van der Waals surface area contributed by atoms with Crippen LogP contribution in [0, 0.1) is 11.7 Å². The maximum atomic E-state index is 13.0. The summed E-state index contributed by atoms with van der Waals surface area (Å²) >= 11 is 0. The summed E-state index contributed by atoms with van der Waals surface area (Å²) in [4.78, 5) is 21.9. The molecular weight excluding hydrogens is 333 g/mol. The van der Waals surface area contributed by atoms with Crippen molar-refractivity contribution in [3.8, 4) is 5.75 Å². The molecule has 0 saturated carbocycles. The molecule has 3 aromatic rings. The number of carbonyl (C=O) groups excluding carboxylic acids is 1. The van der Waals surface area contributed by atoms with E-state index in [9.17, 15) is 9.18 Å². The molecule has 26 heavy (non-hydrogen) atoms. The fourth-order valence-electron chi connectivity index (χ4n) is 3.38. The molecule has 6 heteroatoms. The number of hydrogen-bond acceptors (Lipinski definition) is 3. The zero-order valence-electron chi connectivity index (χ0n) is 14.3. The zero-order chi connectivity index (χ0) is 17.9. The highest BCUT2D eigenvalue weighted by atomic mass is 19.1. The van der Waals surface area contributed by atoms with Gasteiger partial charge in [0.1, 0.15) is 11.6 Å². The standard InChI is InChI=1S/C20H20FN3O2/c21-16-4-6-17(7-5-16)26-12-14-2-1-9-24(11-14)20(25)15-3-8-18-19(10-15)23-13-22-18/h3-8,10,13-14H,1-2,9,11-12H2,(H,22,23)/t14-/m0/s1. The van der Waals surface area contributed by atoms with E-state index in [1.807, 2.05) is 23.1 Å². The number of nitrogens with one attached hydrogen (secondary N) is 1. The summed E-state index contributed by atoms with van der Waals surface area (Å²) in [5.74, 6) is 0.683. The monoisotopic (exact) mass is 353 g/mol. The first-order valence-corrected chi connectivity index (χ1v) is 8.80. The maximum Gasteiger partial charge on any atom is 0.253 e. The molecule has 1 N–H and O–H groups in total. The Hall–Kier alpha value is -2.89. The number of imidazole rings is 1. The third-order valence-corrected chi connectivity index (χ3v) is 4.77. The van der Waals surface area contributed by atoms with Gasteiger partial charge in [-0.25, -0.2) is 9.37 Å². The van der Waals surface area contributed by atoms with Crippen molar-refractivity contribution in [3.05, 3.63) is 60.2 Å². The van der Waals surface area contributed by atoms with Crippen LogP contribution in [0.1, 0.15) is 23.2 Å². The summed E-state index contributed by atoms with van der Waals surface area (Å²) in [6, 6.07) is 11.6. The molecule has 1 atom stereocenters. The minimum Gasteiger partial charge on any atom is -0.493 e. The lowest BCUT2D eigenvalue weighted by molar-refractivity contribution is 0.0633. The van der Waals surface area contributed by atoms with Gasteiger partial charge in [0.2, 0.25) is 0 Å². The molecule has 0 aliphatic carbocycles. The number of halogens is 1. The Bertz CT molecular complexity index is 907. The Morgan fingerprint density at radius 2 is 2.12 bits per heavy atom. The summed E-state index contributed by atoms with van der Waals surface area (Å²) in [7, 11) is 0. The fourth-order valence-corrected chi connectivity index (χ4v) is 3.38. The minimum absolute atomic E-state index is 0.0352. The molecule has 1 aliphatic rings. The number of nitrogens with zero attached hydrogens (tertiary/aromatic N) is 2. The molecule has 134 valence electrons. The molecule has 0 bridgehead atoms. The SMILES string of the molecule is O=C(c1ccc2nc[nH]c2c1)N1CCC[C@H](COc2ccc(F)cc2)C1. The Kier molecular flexibility index (Phi) is 4.56. The lowest BCUT2D eigenvalue weighted by Crippen LogP contribution is -2.41. The van der Waals surface area contributed by atoms with Crippen LogP contribution in [0.4, 0.5) is 4.39 Å². The minimum atomic E-state index is -0.277. The predicted molar refractivity (Wildman–Crippen MR) is 96.6 cm³/mol. The number of H-pyrrole nitrogens is 1. The maximum absolute atomic E-state index is 13.0. The zero-order valence-corrected chi connectivity index (χ0v) is 14.3. The van der Waals surface area contributed by atoms with E-state index in [-0.39, 0.29) is 17.6 Å². The molecule has 0 unspecified atom stereocenters. The summed E-state index contributed by atoms with van der Waals surface area (Å²) in [5, 5.41) is 0. The number of benzene rings is 2. The molecule has 2 heterocycles. The van der Waals surface area contributed by atoms with Crippen LogP contribution in [0.5, 0.6) is 5.75 Å². The van der Waals surface area contributed by atoms with Crippen LogP contribution >= 0.6 is 0 Å². The summed E-state index contributed by atoms with van der Waals surface area (Å²) in [5.41, 5.74) is 2.39. The number of hydrogen-bond donors (Lipinski definition) is 1. The van der Waals surface area contributed by atoms with Gasteiger partial charge in [-0.2, -0.15) is 0 Å². The average Bonchev–Trinajstić information content (AvgIpc) is 3.15. The van der Waals surface area contributed by atoms with Gasteiger partial charge in [0, 0.05) is 24.6 Å². The van der Waals surface area contributed by atoms with Gasteiger partial charge in [0.15, 0.2) is 0 Å². The molecule has 0 spiro atoms. The molecule has 2 aromatic carbocycles. The lowest BCUT2D eigenvalue weighted by atomic mass is 9.98. The Morgan fingerprint density at radius 3 is 2.96 bits per heavy atom. The summed E-state index contributed by atoms with van der Waals surface area (Å²) in [6.07, 6.45) is 3.60. The molecular formula is C20H20FN3O2. The smallest absolute Gasteiger partial charge is 0.253 e. The van der Waals surface area contributed by atoms with Gasteiger partial charge < -0.3 is 14.6 Å². The number of rotatable bonds is 4. The van der Waals surface area contributed by atoms with E-state index < -0.39 is 0 Å². The van der Waals surface area contributed by atoms with Crippen molar-refractivity contribution in [3.63, 3.8) is 0 Å². The number of likely N-dealkylation sites (tertiary alicyclic amines) is 1. The quantitative estimate of drug-likeness (QED) is 0.779. The van der Waals surface area contributed by atoms with Gasteiger partial charge in [-0.1, -0.05) is 0 Å². The van der Waals surface area contributed by atoms with Crippen LogP contribution in [-0.4, -0.2) is 40.5 Å². The molecule has 1 saturated heterocycles. The third kappa shape index (κ3) is 3.54. The predicted octanol–water partition coefficient (Wildman–Crippen LogP) is 3.63. The Labute approximate surface area is 150 Å². The number of piperidine rings is 1. The third-order valence-electron chi connectivity index (χ3n) is 4.77. The highest BCUT2D eigenvalue weighted by molar-refractivity contribution is 5.97. The number of amides is 1. The van der Waals surface area contributed by atoms with E-state index in [0.717, 1.165) is 30.4 Å². The van der Waals surface area contributed by atoms with Crippen molar-refractivity contribution in [2.24, 2.45) is 5.92 Å². The van der Waals surface area contributed by atoms with Crippen molar-refractivity contribution >= 4 is 16.9 Å². The highest BCUT2D eigenvalue weighted by Gasteiger charge is 2.25. The van der Waals surface area contributed by atoms with Gasteiger partial charge in [-0.15, -0.1) is 0 Å². The number of aromatic amines is 1. The number of carbonyl (C=O) groups is 1. The molecule has 5 nitrogen and oxygen atoms in total. The fraction of sp³-hybridized carbons (Fsp3) is 0.300. The first kappa shape index (κ1) is 16.6. The van der Waals surface area contributed by atoms with Crippen LogP contribution < -0.4 is 4.74 Å². The first-order chi connectivity index (χ1) is 12.7. The van der Waals surface area contributed by atoms with E-state index in [4.69, 9.17) is 4.74 Å². The second-order valence-corrected chi connectivity index (χ2v) is 6.66. The van der Waals surface area contributed by atoms with Crippen LogP contribution in [0.15, 0.2) is 48.8 Å². The van der Waals surface area contributed by atoms with Gasteiger partial charge in [0.25, 0.3) is 5.91 Å². The lowest BCUT2D eigenvalue weighted by Gasteiger charge is -2.32. The van der Waals surface area contributed by atoms with Gasteiger partial charge in [0.05, 0.1) is 24.0 Å². The first-order valence-electron chi connectivity index (χ1n) is 8.80. The van der Waals surface area contributed by atoms with E-state index in [1.165, 1.54) is 12.1 Å². The van der Waals surface area contributed by atoms with Crippen molar-refractivity contribution in [2.45, 2.75) is 12.8 Å². The van der Waals surface area contributed by atoms with Crippen LogP contribution in [0.3, 0.4) is 0 Å².